The monoisotopic (exact) mass is 393 g/mol. The van der Waals surface area contributed by atoms with E-state index in [9.17, 15) is 9.59 Å². The normalized spacial score (nSPS) is 22.8. The van der Waals surface area contributed by atoms with Crippen LogP contribution in [0.1, 0.15) is 47.9 Å². The van der Waals surface area contributed by atoms with E-state index in [1.54, 1.807) is 6.26 Å². The average molecular weight is 393 g/mol. The van der Waals surface area contributed by atoms with E-state index < -0.39 is 0 Å². The third-order valence-corrected chi connectivity index (χ3v) is 6.94. The first-order chi connectivity index (χ1) is 14.0. The smallest absolute Gasteiger partial charge is 0.289 e. The van der Waals surface area contributed by atoms with E-state index >= 15 is 0 Å². The zero-order chi connectivity index (χ0) is 20.0. The molecule has 0 radical (unpaired) electrons. The zero-order valence-corrected chi connectivity index (χ0v) is 16.8. The quantitative estimate of drug-likeness (QED) is 0.871. The Morgan fingerprint density at radius 1 is 1.24 bits per heavy atom. The number of benzene rings is 1. The number of para-hydroxylation sites is 1. The summed E-state index contributed by atoms with van der Waals surface area (Å²) >= 11 is 0. The molecule has 0 bridgehead atoms. The SMILES string of the molecule is CC1Cc2ccccc2N1Cc1ccoc1C(=O)N1CCC2(CC1)CNC(=O)C2. The summed E-state index contributed by atoms with van der Waals surface area (Å²) in [6, 6.07) is 10.8. The van der Waals surface area contributed by atoms with Crippen molar-refractivity contribution in [3.63, 3.8) is 0 Å². The van der Waals surface area contributed by atoms with Crippen LogP contribution in [0.4, 0.5) is 5.69 Å². The maximum atomic E-state index is 13.2. The summed E-state index contributed by atoms with van der Waals surface area (Å²) in [5.74, 6) is 0.563. The molecule has 1 aromatic heterocycles. The van der Waals surface area contributed by atoms with E-state index in [2.05, 4.69) is 41.4 Å². The van der Waals surface area contributed by atoms with Gasteiger partial charge in [0.05, 0.1) is 6.26 Å². The number of nitrogens with zero attached hydrogens (tertiary/aromatic N) is 2. The van der Waals surface area contributed by atoms with Crippen molar-refractivity contribution >= 4 is 17.5 Å². The van der Waals surface area contributed by atoms with Gasteiger partial charge in [0.15, 0.2) is 5.76 Å². The van der Waals surface area contributed by atoms with E-state index in [0.29, 0.717) is 37.9 Å². The number of nitrogens with one attached hydrogen (secondary N) is 1. The van der Waals surface area contributed by atoms with Gasteiger partial charge in [-0.15, -0.1) is 0 Å². The summed E-state index contributed by atoms with van der Waals surface area (Å²) in [4.78, 5) is 29.1. The lowest BCUT2D eigenvalue weighted by molar-refractivity contribution is -0.119. The molecule has 1 aromatic carbocycles. The summed E-state index contributed by atoms with van der Waals surface area (Å²) in [7, 11) is 0. The van der Waals surface area contributed by atoms with Crippen LogP contribution in [0.25, 0.3) is 0 Å². The van der Waals surface area contributed by atoms with Crippen LogP contribution in [0, 0.1) is 5.41 Å². The fourth-order valence-electron chi connectivity index (χ4n) is 5.13. The van der Waals surface area contributed by atoms with Crippen LogP contribution >= 0.6 is 0 Å². The minimum Gasteiger partial charge on any atom is -0.459 e. The molecule has 1 unspecified atom stereocenters. The Morgan fingerprint density at radius 3 is 2.79 bits per heavy atom. The van der Waals surface area contributed by atoms with Gasteiger partial charge in [-0.2, -0.15) is 0 Å². The highest BCUT2D eigenvalue weighted by Crippen LogP contribution is 2.38. The van der Waals surface area contributed by atoms with E-state index in [4.69, 9.17) is 4.42 Å². The van der Waals surface area contributed by atoms with Crippen molar-refractivity contribution in [1.82, 2.24) is 10.2 Å². The van der Waals surface area contributed by atoms with Gasteiger partial charge < -0.3 is 19.5 Å². The third kappa shape index (κ3) is 3.20. The van der Waals surface area contributed by atoms with Gasteiger partial charge in [-0.25, -0.2) is 0 Å². The molecular formula is C23H27N3O3. The van der Waals surface area contributed by atoms with Crippen molar-refractivity contribution in [2.24, 2.45) is 5.41 Å². The lowest BCUT2D eigenvalue weighted by Crippen LogP contribution is -2.44. The fraction of sp³-hybridized carbons (Fsp3) is 0.478. The second-order valence-corrected chi connectivity index (χ2v) is 8.83. The Hall–Kier alpha value is -2.76. The number of carbonyl (C=O) groups is 2. The van der Waals surface area contributed by atoms with E-state index in [-0.39, 0.29) is 17.2 Å². The second kappa shape index (κ2) is 6.94. The first-order valence-corrected chi connectivity index (χ1v) is 10.5. The molecule has 2 aromatic rings. The van der Waals surface area contributed by atoms with Crippen LogP contribution in [-0.4, -0.2) is 42.4 Å². The van der Waals surface area contributed by atoms with Crippen LogP contribution in [0.15, 0.2) is 41.0 Å². The maximum absolute atomic E-state index is 13.2. The summed E-state index contributed by atoms with van der Waals surface area (Å²) < 4.78 is 5.66. The van der Waals surface area contributed by atoms with Crippen LogP contribution in [-0.2, 0) is 17.8 Å². The number of fused-ring (bicyclic) bond motifs is 1. The first-order valence-electron chi connectivity index (χ1n) is 10.5. The average Bonchev–Trinajstić information content (AvgIpc) is 3.41. The third-order valence-electron chi connectivity index (χ3n) is 6.94. The number of rotatable bonds is 3. The van der Waals surface area contributed by atoms with Crippen molar-refractivity contribution in [2.75, 3.05) is 24.5 Å². The number of hydrogen-bond acceptors (Lipinski definition) is 4. The van der Waals surface area contributed by atoms with Crippen molar-refractivity contribution in [1.29, 1.82) is 0 Å². The molecule has 4 heterocycles. The van der Waals surface area contributed by atoms with E-state index in [1.165, 1.54) is 11.3 Å². The molecule has 2 fully saturated rings. The maximum Gasteiger partial charge on any atom is 0.289 e. The minimum absolute atomic E-state index is 0.0303. The van der Waals surface area contributed by atoms with Crippen LogP contribution in [0.2, 0.25) is 0 Å². The lowest BCUT2D eigenvalue weighted by atomic mass is 9.77. The van der Waals surface area contributed by atoms with Crippen molar-refractivity contribution in [2.45, 2.75) is 45.2 Å². The number of piperidine rings is 1. The van der Waals surface area contributed by atoms with Crippen molar-refractivity contribution < 1.29 is 14.0 Å². The molecule has 0 aliphatic carbocycles. The number of anilines is 1. The topological polar surface area (TPSA) is 65.8 Å². The summed E-state index contributed by atoms with van der Waals surface area (Å²) in [5, 5.41) is 2.95. The second-order valence-electron chi connectivity index (χ2n) is 8.83. The molecular weight excluding hydrogens is 366 g/mol. The van der Waals surface area contributed by atoms with Crippen molar-refractivity contribution in [3.05, 3.63) is 53.5 Å². The highest BCUT2D eigenvalue weighted by molar-refractivity contribution is 5.93. The Morgan fingerprint density at radius 2 is 2.03 bits per heavy atom. The Bertz CT molecular complexity index is 942. The predicted molar refractivity (Wildman–Crippen MR) is 110 cm³/mol. The number of furan rings is 1. The first kappa shape index (κ1) is 18.3. The summed E-state index contributed by atoms with van der Waals surface area (Å²) in [6.07, 6.45) is 4.97. The number of likely N-dealkylation sites (tertiary alicyclic amines) is 1. The molecule has 1 N–H and O–H groups in total. The molecule has 6 heteroatoms. The summed E-state index contributed by atoms with van der Waals surface area (Å²) in [5.41, 5.74) is 3.58. The molecule has 0 saturated carbocycles. The lowest BCUT2D eigenvalue weighted by Gasteiger charge is -2.38. The number of carbonyl (C=O) groups excluding carboxylic acids is 2. The number of hydrogen-bond donors (Lipinski definition) is 1. The van der Waals surface area contributed by atoms with E-state index in [0.717, 1.165) is 31.4 Å². The van der Waals surface area contributed by atoms with Gasteiger partial charge >= 0.3 is 0 Å². The largest absolute Gasteiger partial charge is 0.459 e. The van der Waals surface area contributed by atoms with Gasteiger partial charge in [-0.3, -0.25) is 9.59 Å². The Kier molecular flexibility index (Phi) is 4.37. The molecule has 2 amide bonds. The highest BCUT2D eigenvalue weighted by atomic mass is 16.3. The van der Waals surface area contributed by atoms with Gasteiger partial charge in [0.25, 0.3) is 5.91 Å². The van der Waals surface area contributed by atoms with Crippen molar-refractivity contribution in [3.8, 4) is 0 Å². The zero-order valence-electron chi connectivity index (χ0n) is 16.8. The molecule has 3 aliphatic heterocycles. The highest BCUT2D eigenvalue weighted by Gasteiger charge is 2.42. The molecule has 152 valence electrons. The van der Waals surface area contributed by atoms with Crippen LogP contribution < -0.4 is 10.2 Å². The van der Waals surface area contributed by atoms with Gasteiger partial charge in [-0.1, -0.05) is 18.2 Å². The molecule has 29 heavy (non-hydrogen) atoms. The summed E-state index contributed by atoms with van der Waals surface area (Å²) in [6.45, 7) is 4.99. The molecule has 5 rings (SSSR count). The molecule has 2 saturated heterocycles. The van der Waals surface area contributed by atoms with Gasteiger partial charge in [0, 0.05) is 49.9 Å². The van der Waals surface area contributed by atoms with E-state index in [1.807, 2.05) is 11.0 Å². The van der Waals surface area contributed by atoms with Crippen LogP contribution in [0.5, 0.6) is 0 Å². The number of amides is 2. The minimum atomic E-state index is -0.0303. The Balaban J connectivity index is 1.30. The standard InChI is InChI=1S/C23H27N3O3/c1-16-12-17-4-2-3-5-19(17)26(16)14-18-6-11-29-21(18)22(28)25-9-7-23(8-10-25)13-20(27)24-15-23/h2-6,11,16H,7-10,12-15H2,1H3,(H,24,27). The molecule has 1 atom stereocenters. The molecule has 1 spiro atoms. The van der Waals surface area contributed by atoms with Crippen LogP contribution in [0.3, 0.4) is 0 Å². The van der Waals surface area contributed by atoms with Gasteiger partial charge in [-0.05, 0) is 49.3 Å². The van der Waals surface area contributed by atoms with Gasteiger partial charge in [0.2, 0.25) is 5.91 Å². The predicted octanol–water partition coefficient (Wildman–Crippen LogP) is 2.97. The molecule has 3 aliphatic rings. The fourth-order valence-corrected chi connectivity index (χ4v) is 5.13. The molecule has 6 nitrogen and oxygen atoms in total. The van der Waals surface area contributed by atoms with Gasteiger partial charge in [0.1, 0.15) is 0 Å². The Labute approximate surface area is 170 Å².